The molecule has 2 N–H and O–H groups in total. The normalized spacial score (nSPS) is 13.7. The quantitative estimate of drug-likeness (QED) is 0.618. The molecule has 1 atom stereocenters. The van der Waals surface area contributed by atoms with E-state index in [2.05, 4.69) is 11.2 Å². The fourth-order valence-corrected chi connectivity index (χ4v) is 1.86. The summed E-state index contributed by atoms with van der Waals surface area (Å²) >= 11 is 1.61. The summed E-state index contributed by atoms with van der Waals surface area (Å²) in [6.45, 7) is 1.83. The van der Waals surface area contributed by atoms with Crippen LogP contribution < -0.4 is 5.32 Å². The number of hydrogen-bond acceptors (Lipinski definition) is 3. The minimum atomic E-state index is -1.15. The van der Waals surface area contributed by atoms with Crippen molar-refractivity contribution in [3.63, 3.8) is 0 Å². The lowest BCUT2D eigenvalue weighted by atomic mass is 9.92. The zero-order valence-corrected chi connectivity index (χ0v) is 10.7. The van der Waals surface area contributed by atoms with Crippen molar-refractivity contribution >= 4 is 17.7 Å². The first-order valence-corrected chi connectivity index (χ1v) is 6.33. The lowest BCUT2D eigenvalue weighted by Gasteiger charge is -2.26. The van der Waals surface area contributed by atoms with E-state index in [1.165, 1.54) is 0 Å². The van der Waals surface area contributed by atoms with Crippen LogP contribution in [0, 0.1) is 12.3 Å². The van der Waals surface area contributed by atoms with Crippen molar-refractivity contribution < 1.29 is 9.90 Å². The molecule has 0 saturated heterocycles. The molecule has 0 aliphatic heterocycles. The molecule has 0 heterocycles. The first kappa shape index (κ1) is 13.6. The predicted molar refractivity (Wildman–Crippen MR) is 70.0 cm³/mol. The van der Waals surface area contributed by atoms with Crippen molar-refractivity contribution in [3.05, 3.63) is 29.8 Å². The van der Waals surface area contributed by atoms with Gasteiger partial charge in [-0.05, 0) is 30.9 Å². The summed E-state index contributed by atoms with van der Waals surface area (Å²) in [6, 6.07) is 7.42. The Labute approximate surface area is 106 Å². The average Bonchev–Trinajstić information content (AvgIpc) is 2.35. The third-order valence-electron chi connectivity index (χ3n) is 2.64. The summed E-state index contributed by atoms with van der Waals surface area (Å²) < 4.78 is 0. The summed E-state index contributed by atoms with van der Waals surface area (Å²) in [6.07, 6.45) is 7.13. The lowest BCUT2D eigenvalue weighted by Crippen LogP contribution is -2.46. The van der Waals surface area contributed by atoms with Gasteiger partial charge in [0.25, 0.3) is 0 Å². The number of nitrogens with one attached hydrogen (secondary N) is 1. The maximum Gasteiger partial charge on any atom is 0.328 e. The van der Waals surface area contributed by atoms with E-state index >= 15 is 0 Å². The molecule has 0 aliphatic carbocycles. The van der Waals surface area contributed by atoms with Crippen molar-refractivity contribution in [2.45, 2.75) is 17.4 Å². The number of thioether (sulfide) groups is 1. The van der Waals surface area contributed by atoms with Crippen molar-refractivity contribution in [1.29, 1.82) is 0 Å². The van der Waals surface area contributed by atoms with Gasteiger partial charge < -0.3 is 5.11 Å². The fourth-order valence-electron chi connectivity index (χ4n) is 1.45. The molecule has 90 valence electrons. The highest BCUT2D eigenvalue weighted by Gasteiger charge is 2.34. The molecule has 1 aromatic rings. The molecule has 0 fully saturated rings. The Bertz CT molecular complexity index is 436. The third kappa shape index (κ3) is 3.02. The van der Waals surface area contributed by atoms with Crippen LogP contribution in [0.2, 0.25) is 0 Å². The van der Waals surface area contributed by atoms with E-state index in [-0.39, 0.29) is 6.54 Å². The average molecular weight is 249 g/mol. The van der Waals surface area contributed by atoms with E-state index in [1.807, 2.05) is 30.5 Å². The summed E-state index contributed by atoms with van der Waals surface area (Å²) in [7, 11) is 0. The van der Waals surface area contributed by atoms with E-state index < -0.39 is 11.5 Å². The van der Waals surface area contributed by atoms with Crippen LogP contribution in [0.1, 0.15) is 12.5 Å². The number of rotatable bonds is 5. The minimum Gasteiger partial charge on any atom is -0.480 e. The van der Waals surface area contributed by atoms with E-state index in [9.17, 15) is 9.90 Å². The van der Waals surface area contributed by atoms with E-state index in [4.69, 9.17) is 6.42 Å². The second-order valence-corrected chi connectivity index (χ2v) is 4.60. The second kappa shape index (κ2) is 5.76. The highest BCUT2D eigenvalue weighted by atomic mass is 32.2. The zero-order chi connectivity index (χ0) is 12.9. The van der Waals surface area contributed by atoms with Crippen LogP contribution in [0.15, 0.2) is 29.2 Å². The monoisotopic (exact) mass is 249 g/mol. The third-order valence-corrected chi connectivity index (χ3v) is 3.38. The number of terminal acetylenes is 1. The molecule has 0 bridgehead atoms. The Morgan fingerprint density at radius 1 is 1.53 bits per heavy atom. The number of carbonyl (C=O) groups is 1. The van der Waals surface area contributed by atoms with Crippen molar-refractivity contribution in [1.82, 2.24) is 5.32 Å². The SMILES string of the molecule is C#CCNC(C)(C(=O)O)c1ccc(SC)cc1. The van der Waals surface area contributed by atoms with Gasteiger partial charge >= 0.3 is 5.97 Å². The molecule has 17 heavy (non-hydrogen) atoms. The van der Waals surface area contributed by atoms with Gasteiger partial charge in [0.2, 0.25) is 0 Å². The van der Waals surface area contributed by atoms with Crippen molar-refractivity contribution in [2.75, 3.05) is 12.8 Å². The number of carboxylic acids is 1. The number of aliphatic carboxylic acids is 1. The summed E-state index contributed by atoms with van der Waals surface area (Å²) in [5.74, 6) is 1.45. The largest absolute Gasteiger partial charge is 0.480 e. The van der Waals surface area contributed by atoms with Crippen LogP contribution in [-0.4, -0.2) is 23.9 Å². The van der Waals surface area contributed by atoms with Gasteiger partial charge in [0.15, 0.2) is 0 Å². The van der Waals surface area contributed by atoms with Crippen LogP contribution in [0.4, 0.5) is 0 Å². The van der Waals surface area contributed by atoms with Crippen LogP contribution in [-0.2, 0) is 10.3 Å². The van der Waals surface area contributed by atoms with Gasteiger partial charge in [0.05, 0.1) is 6.54 Å². The molecular formula is C13H15NO2S. The maximum absolute atomic E-state index is 11.3. The molecule has 0 aromatic heterocycles. The van der Waals surface area contributed by atoms with E-state index in [0.717, 1.165) is 4.90 Å². The Morgan fingerprint density at radius 2 is 2.12 bits per heavy atom. The van der Waals surface area contributed by atoms with Crippen LogP contribution in [0.25, 0.3) is 0 Å². The summed E-state index contributed by atoms with van der Waals surface area (Å²) in [4.78, 5) is 12.4. The molecule has 1 unspecified atom stereocenters. The number of hydrogen-bond donors (Lipinski definition) is 2. The highest BCUT2D eigenvalue weighted by Crippen LogP contribution is 2.24. The predicted octanol–water partition coefficient (Wildman–Crippen LogP) is 1.93. The number of carboxylic acid groups (broad SMARTS) is 1. The summed E-state index contributed by atoms with van der Waals surface area (Å²) in [5.41, 5.74) is -0.457. The summed E-state index contributed by atoms with van der Waals surface area (Å²) in [5, 5.41) is 12.2. The smallest absolute Gasteiger partial charge is 0.328 e. The van der Waals surface area contributed by atoms with Crippen LogP contribution in [0.5, 0.6) is 0 Å². The molecule has 0 radical (unpaired) electrons. The van der Waals surface area contributed by atoms with Gasteiger partial charge in [-0.2, -0.15) is 0 Å². The second-order valence-electron chi connectivity index (χ2n) is 3.72. The zero-order valence-electron chi connectivity index (χ0n) is 9.86. The Hall–Kier alpha value is -1.44. The van der Waals surface area contributed by atoms with E-state index in [1.54, 1.807) is 18.7 Å². The number of benzene rings is 1. The van der Waals surface area contributed by atoms with Gasteiger partial charge in [-0.15, -0.1) is 18.2 Å². The minimum absolute atomic E-state index is 0.215. The first-order chi connectivity index (χ1) is 8.04. The molecule has 0 spiro atoms. The molecule has 0 aliphatic rings. The molecule has 1 rings (SSSR count). The van der Waals surface area contributed by atoms with Gasteiger partial charge in [0, 0.05) is 4.90 Å². The first-order valence-electron chi connectivity index (χ1n) is 5.11. The Kier molecular flexibility index (Phi) is 4.62. The Balaban J connectivity index is 3.05. The van der Waals surface area contributed by atoms with Gasteiger partial charge in [-0.25, -0.2) is 4.79 Å². The van der Waals surface area contributed by atoms with Gasteiger partial charge in [-0.1, -0.05) is 18.1 Å². The van der Waals surface area contributed by atoms with Crippen LogP contribution in [0.3, 0.4) is 0 Å². The van der Waals surface area contributed by atoms with E-state index in [0.29, 0.717) is 5.56 Å². The van der Waals surface area contributed by atoms with Crippen molar-refractivity contribution in [2.24, 2.45) is 0 Å². The lowest BCUT2D eigenvalue weighted by molar-refractivity contribution is -0.144. The molecule has 0 amide bonds. The molecule has 0 saturated carbocycles. The molecule has 1 aromatic carbocycles. The standard InChI is InChI=1S/C13H15NO2S/c1-4-9-14-13(2,12(15)16)10-5-7-11(17-3)8-6-10/h1,5-8,14H,9H2,2-3H3,(H,15,16). The molecule has 4 heteroatoms. The Morgan fingerprint density at radius 3 is 2.53 bits per heavy atom. The van der Waals surface area contributed by atoms with Gasteiger partial charge in [0.1, 0.15) is 5.54 Å². The molecular weight excluding hydrogens is 234 g/mol. The molecule has 3 nitrogen and oxygen atoms in total. The topological polar surface area (TPSA) is 49.3 Å². The highest BCUT2D eigenvalue weighted by molar-refractivity contribution is 7.98. The van der Waals surface area contributed by atoms with Crippen LogP contribution >= 0.6 is 11.8 Å². The fraction of sp³-hybridized carbons (Fsp3) is 0.308. The van der Waals surface area contributed by atoms with Crippen molar-refractivity contribution in [3.8, 4) is 12.3 Å². The maximum atomic E-state index is 11.3. The van der Waals surface area contributed by atoms with Gasteiger partial charge in [-0.3, -0.25) is 5.32 Å².